The number of aliphatic carboxylic acids is 1. The van der Waals surface area contributed by atoms with Crippen LogP contribution >= 0.6 is 23.4 Å². The Hall–Kier alpha value is -1.73. The zero-order chi connectivity index (χ0) is 15.4. The molecule has 2 N–H and O–H groups in total. The molecule has 0 aliphatic rings. The molecule has 6 nitrogen and oxygen atoms in total. The first kappa shape index (κ1) is 15.7. The van der Waals surface area contributed by atoms with E-state index in [0.717, 1.165) is 22.8 Å². The lowest BCUT2D eigenvalue weighted by molar-refractivity contribution is -0.134. The third-order valence-corrected chi connectivity index (χ3v) is 4.04. The number of hydrogen-bond donors (Lipinski definition) is 2. The molecule has 2 rings (SSSR count). The lowest BCUT2D eigenvalue weighted by Crippen LogP contribution is -2.19. The van der Waals surface area contributed by atoms with E-state index in [1.54, 1.807) is 25.2 Å². The average molecular weight is 328 g/mol. The van der Waals surface area contributed by atoms with Gasteiger partial charge in [-0.1, -0.05) is 23.4 Å². The number of nitrogens with one attached hydrogen (secondary N) is 1. The normalized spacial score (nSPS) is 10.8. The van der Waals surface area contributed by atoms with E-state index in [2.05, 4.69) is 10.3 Å². The number of amides is 1. The van der Waals surface area contributed by atoms with Crippen LogP contribution in [-0.4, -0.2) is 39.3 Å². The highest BCUT2D eigenvalue weighted by Crippen LogP contribution is 2.26. The molecule has 0 aliphatic heterocycles. The monoisotopic (exact) mass is 327 g/mol. The molecule has 0 aliphatic carbocycles. The SMILES string of the molecule is CNC(=O)CCn1c(SCC(=O)O)nc2ccc(Cl)cc21. The van der Waals surface area contributed by atoms with Crippen molar-refractivity contribution >= 4 is 46.3 Å². The Balaban J connectivity index is 2.35. The van der Waals surface area contributed by atoms with Crippen LogP contribution in [0.4, 0.5) is 0 Å². The summed E-state index contributed by atoms with van der Waals surface area (Å²) in [6, 6.07) is 5.27. The largest absolute Gasteiger partial charge is 0.481 e. The van der Waals surface area contributed by atoms with Crippen LogP contribution in [0.3, 0.4) is 0 Å². The molecule has 0 bridgehead atoms. The predicted molar refractivity (Wildman–Crippen MR) is 81.8 cm³/mol. The fourth-order valence-corrected chi connectivity index (χ4v) is 2.79. The summed E-state index contributed by atoms with van der Waals surface area (Å²) >= 11 is 7.12. The number of benzene rings is 1. The lowest BCUT2D eigenvalue weighted by Gasteiger charge is -2.07. The highest BCUT2D eigenvalue weighted by atomic mass is 35.5. The van der Waals surface area contributed by atoms with Gasteiger partial charge in [0.05, 0.1) is 16.8 Å². The number of imidazole rings is 1. The minimum atomic E-state index is -0.914. The van der Waals surface area contributed by atoms with E-state index in [9.17, 15) is 9.59 Å². The van der Waals surface area contributed by atoms with Crippen LogP contribution in [0.5, 0.6) is 0 Å². The first-order valence-electron chi connectivity index (χ1n) is 6.22. The Bertz CT molecular complexity index is 687. The number of carbonyl (C=O) groups excluding carboxylic acids is 1. The second kappa shape index (κ2) is 6.82. The van der Waals surface area contributed by atoms with Gasteiger partial charge in [-0.2, -0.15) is 0 Å². The van der Waals surface area contributed by atoms with Crippen LogP contribution < -0.4 is 5.32 Å². The number of aryl methyl sites for hydroxylation is 1. The number of halogens is 1. The second-order valence-corrected chi connectivity index (χ2v) is 5.66. The van der Waals surface area contributed by atoms with Crippen molar-refractivity contribution in [3.8, 4) is 0 Å². The van der Waals surface area contributed by atoms with Gasteiger partial charge < -0.3 is 15.0 Å². The quantitative estimate of drug-likeness (QED) is 0.793. The summed E-state index contributed by atoms with van der Waals surface area (Å²) in [6.07, 6.45) is 0.287. The van der Waals surface area contributed by atoms with Gasteiger partial charge in [0.15, 0.2) is 5.16 Å². The fraction of sp³-hybridized carbons (Fsp3) is 0.308. The summed E-state index contributed by atoms with van der Waals surface area (Å²) in [5.41, 5.74) is 1.52. The number of fused-ring (bicyclic) bond motifs is 1. The molecule has 0 fully saturated rings. The third kappa shape index (κ3) is 3.89. The minimum Gasteiger partial charge on any atom is -0.481 e. The molecule has 0 radical (unpaired) electrons. The van der Waals surface area contributed by atoms with Crippen molar-refractivity contribution in [3.05, 3.63) is 23.2 Å². The van der Waals surface area contributed by atoms with Crippen molar-refractivity contribution < 1.29 is 14.7 Å². The zero-order valence-electron chi connectivity index (χ0n) is 11.3. The number of carboxylic acids is 1. The molecule has 2 aromatic rings. The van der Waals surface area contributed by atoms with E-state index >= 15 is 0 Å². The fourth-order valence-electron chi connectivity index (χ4n) is 1.86. The van der Waals surface area contributed by atoms with Crippen molar-refractivity contribution in [2.24, 2.45) is 0 Å². The van der Waals surface area contributed by atoms with Crippen LogP contribution in [0.2, 0.25) is 5.02 Å². The predicted octanol–water partition coefficient (Wildman–Crippen LogP) is 2.00. The van der Waals surface area contributed by atoms with Crippen molar-refractivity contribution in [2.45, 2.75) is 18.1 Å². The summed E-state index contributed by atoms with van der Waals surface area (Å²) in [6.45, 7) is 0.415. The molecule has 8 heteroatoms. The Labute approximate surface area is 130 Å². The molecular formula is C13H14ClN3O3S. The van der Waals surface area contributed by atoms with Gasteiger partial charge in [-0.3, -0.25) is 9.59 Å². The van der Waals surface area contributed by atoms with E-state index in [1.807, 2.05) is 4.57 Å². The van der Waals surface area contributed by atoms with Gasteiger partial charge in [0, 0.05) is 25.0 Å². The van der Waals surface area contributed by atoms with Crippen LogP contribution in [0.1, 0.15) is 6.42 Å². The maximum Gasteiger partial charge on any atom is 0.313 e. The molecule has 0 saturated carbocycles. The van der Waals surface area contributed by atoms with E-state index in [4.69, 9.17) is 16.7 Å². The number of carboxylic acid groups (broad SMARTS) is 1. The van der Waals surface area contributed by atoms with E-state index in [0.29, 0.717) is 16.7 Å². The average Bonchev–Trinajstić information content (AvgIpc) is 2.79. The molecule has 112 valence electrons. The van der Waals surface area contributed by atoms with Gasteiger partial charge in [0.25, 0.3) is 0 Å². The number of hydrogen-bond acceptors (Lipinski definition) is 4. The molecular weight excluding hydrogens is 314 g/mol. The molecule has 1 heterocycles. The maximum absolute atomic E-state index is 11.4. The zero-order valence-corrected chi connectivity index (χ0v) is 12.9. The molecule has 21 heavy (non-hydrogen) atoms. The van der Waals surface area contributed by atoms with Gasteiger partial charge in [-0.15, -0.1) is 0 Å². The van der Waals surface area contributed by atoms with Gasteiger partial charge in [0.1, 0.15) is 0 Å². The van der Waals surface area contributed by atoms with E-state index in [-0.39, 0.29) is 18.1 Å². The smallest absolute Gasteiger partial charge is 0.313 e. The van der Waals surface area contributed by atoms with Crippen molar-refractivity contribution in [2.75, 3.05) is 12.8 Å². The molecule has 0 spiro atoms. The van der Waals surface area contributed by atoms with Gasteiger partial charge >= 0.3 is 5.97 Å². The Morgan fingerprint density at radius 1 is 1.48 bits per heavy atom. The third-order valence-electron chi connectivity index (χ3n) is 2.84. The highest BCUT2D eigenvalue weighted by Gasteiger charge is 2.14. The van der Waals surface area contributed by atoms with Gasteiger partial charge in [0.2, 0.25) is 5.91 Å². The van der Waals surface area contributed by atoms with Crippen LogP contribution in [-0.2, 0) is 16.1 Å². The molecule has 0 atom stereocenters. The van der Waals surface area contributed by atoms with Crippen LogP contribution in [0, 0.1) is 0 Å². The molecule has 1 aromatic heterocycles. The van der Waals surface area contributed by atoms with Crippen molar-refractivity contribution in [3.63, 3.8) is 0 Å². The Morgan fingerprint density at radius 2 is 2.24 bits per heavy atom. The first-order chi connectivity index (χ1) is 10.0. The van der Waals surface area contributed by atoms with Gasteiger partial charge in [-0.05, 0) is 18.2 Å². The summed E-state index contributed by atoms with van der Waals surface area (Å²) in [5, 5.41) is 12.5. The molecule has 0 unspecified atom stereocenters. The van der Waals surface area contributed by atoms with Crippen molar-refractivity contribution in [1.82, 2.24) is 14.9 Å². The van der Waals surface area contributed by atoms with Crippen LogP contribution in [0.15, 0.2) is 23.4 Å². The molecule has 1 aromatic carbocycles. The van der Waals surface area contributed by atoms with Crippen LogP contribution in [0.25, 0.3) is 11.0 Å². The number of carbonyl (C=O) groups is 2. The summed E-state index contributed by atoms with van der Waals surface area (Å²) in [7, 11) is 1.57. The second-order valence-electron chi connectivity index (χ2n) is 4.28. The summed E-state index contributed by atoms with van der Waals surface area (Å²) < 4.78 is 1.82. The van der Waals surface area contributed by atoms with E-state index < -0.39 is 5.97 Å². The highest BCUT2D eigenvalue weighted by molar-refractivity contribution is 7.99. The summed E-state index contributed by atoms with van der Waals surface area (Å²) in [5.74, 6) is -1.09. The number of rotatable bonds is 6. The first-order valence-corrected chi connectivity index (χ1v) is 7.58. The molecule has 1 amide bonds. The Kier molecular flexibility index (Phi) is 5.08. The topological polar surface area (TPSA) is 84.2 Å². The molecule has 0 saturated heterocycles. The number of nitrogens with zero attached hydrogens (tertiary/aromatic N) is 2. The van der Waals surface area contributed by atoms with Crippen molar-refractivity contribution in [1.29, 1.82) is 0 Å². The minimum absolute atomic E-state index is 0.0863. The Morgan fingerprint density at radius 3 is 2.90 bits per heavy atom. The number of aromatic nitrogens is 2. The maximum atomic E-state index is 11.4. The number of thioether (sulfide) groups is 1. The standard InChI is InChI=1S/C13H14ClN3O3S/c1-15-11(18)4-5-17-10-6-8(14)2-3-9(10)16-13(17)21-7-12(19)20/h2-3,6H,4-5,7H2,1H3,(H,15,18)(H,19,20). The van der Waals surface area contributed by atoms with Gasteiger partial charge in [-0.25, -0.2) is 4.98 Å². The lowest BCUT2D eigenvalue weighted by atomic mass is 10.3. The summed E-state index contributed by atoms with van der Waals surface area (Å²) in [4.78, 5) is 26.5. The van der Waals surface area contributed by atoms with E-state index in [1.165, 1.54) is 0 Å².